The number of aldehydes is 1. The second-order valence-corrected chi connectivity index (χ2v) is 10.0. The van der Waals surface area contributed by atoms with Crippen molar-refractivity contribution in [1.29, 1.82) is 0 Å². The van der Waals surface area contributed by atoms with Gasteiger partial charge in [0.2, 0.25) is 0 Å². The van der Waals surface area contributed by atoms with E-state index in [1.165, 1.54) is 6.42 Å². The minimum absolute atomic E-state index is 0.0475. The number of hydrogen-bond acceptors (Lipinski definition) is 3. The Kier molecular flexibility index (Phi) is 3.60. The second-order valence-electron chi connectivity index (χ2n) is 10.0. The number of carbonyl (C=O) groups excluding carboxylic acids is 2. The molecule has 0 saturated heterocycles. The molecule has 4 aliphatic carbocycles. The van der Waals surface area contributed by atoms with Crippen molar-refractivity contribution in [2.45, 2.75) is 77.7 Å². The Balaban J connectivity index is 1.66. The molecule has 8 atom stereocenters. The lowest BCUT2D eigenvalue weighted by Gasteiger charge is -2.61. The molecule has 0 bridgehead atoms. The van der Waals surface area contributed by atoms with Gasteiger partial charge >= 0.3 is 0 Å². The van der Waals surface area contributed by atoms with Crippen molar-refractivity contribution >= 4 is 12.1 Å². The molecule has 0 aromatic heterocycles. The summed E-state index contributed by atoms with van der Waals surface area (Å²) in [6.45, 7) is 6.73. The van der Waals surface area contributed by atoms with Gasteiger partial charge in [-0.05, 0) is 86.4 Å². The van der Waals surface area contributed by atoms with E-state index in [-0.39, 0.29) is 22.5 Å². The third-order valence-electron chi connectivity index (χ3n) is 9.31. The minimum Gasteiger partial charge on any atom is -0.390 e. The lowest BCUT2D eigenvalue weighted by molar-refractivity contribution is -0.159. The zero-order valence-electron chi connectivity index (χ0n) is 15.4. The predicted molar refractivity (Wildman–Crippen MR) is 92.3 cm³/mol. The second kappa shape index (κ2) is 5.16. The first kappa shape index (κ1) is 16.8. The third kappa shape index (κ3) is 2.00. The number of aliphatic hydroxyl groups is 1. The summed E-state index contributed by atoms with van der Waals surface area (Å²) >= 11 is 0. The maximum absolute atomic E-state index is 12.2. The molecule has 0 spiro atoms. The molecule has 134 valence electrons. The van der Waals surface area contributed by atoms with Crippen molar-refractivity contribution in [2.24, 2.45) is 40.4 Å². The Bertz CT molecular complexity index is 567. The molecule has 0 aromatic carbocycles. The van der Waals surface area contributed by atoms with Crippen LogP contribution in [0.1, 0.15) is 72.1 Å². The average Bonchev–Trinajstić information content (AvgIpc) is 2.77. The van der Waals surface area contributed by atoms with Crippen LogP contribution in [0.2, 0.25) is 0 Å². The molecule has 0 heterocycles. The van der Waals surface area contributed by atoms with Gasteiger partial charge in [-0.3, -0.25) is 4.79 Å². The van der Waals surface area contributed by atoms with Crippen LogP contribution in [-0.4, -0.2) is 22.8 Å². The Morgan fingerprint density at radius 1 is 1.04 bits per heavy atom. The van der Waals surface area contributed by atoms with Crippen LogP contribution in [0, 0.1) is 40.4 Å². The summed E-state index contributed by atoms with van der Waals surface area (Å²) in [4.78, 5) is 23.6. The first-order valence-electron chi connectivity index (χ1n) is 9.93. The lowest BCUT2D eigenvalue weighted by atomic mass is 9.44. The van der Waals surface area contributed by atoms with Gasteiger partial charge in [-0.25, -0.2) is 0 Å². The fourth-order valence-electron chi connectivity index (χ4n) is 7.54. The molecule has 0 aromatic rings. The fourth-order valence-corrected chi connectivity index (χ4v) is 7.54. The van der Waals surface area contributed by atoms with E-state index in [1.807, 2.05) is 6.92 Å². The van der Waals surface area contributed by atoms with Crippen LogP contribution < -0.4 is 0 Å². The van der Waals surface area contributed by atoms with Crippen molar-refractivity contribution in [3.63, 3.8) is 0 Å². The first-order chi connectivity index (χ1) is 11.2. The van der Waals surface area contributed by atoms with Crippen molar-refractivity contribution in [1.82, 2.24) is 0 Å². The van der Waals surface area contributed by atoms with E-state index >= 15 is 0 Å². The quantitative estimate of drug-likeness (QED) is 0.587. The average molecular weight is 332 g/mol. The highest BCUT2D eigenvalue weighted by molar-refractivity contribution is 5.94. The summed E-state index contributed by atoms with van der Waals surface area (Å²) in [6, 6.07) is 0. The van der Waals surface area contributed by atoms with Gasteiger partial charge in [0.1, 0.15) is 12.1 Å². The van der Waals surface area contributed by atoms with Crippen LogP contribution in [0.5, 0.6) is 0 Å². The molecule has 4 fully saturated rings. The number of fused-ring (bicyclic) bond motifs is 5. The van der Waals surface area contributed by atoms with Crippen LogP contribution in [0.3, 0.4) is 0 Å². The maximum Gasteiger partial charge on any atom is 0.143 e. The van der Waals surface area contributed by atoms with E-state index in [4.69, 9.17) is 0 Å². The smallest absolute Gasteiger partial charge is 0.143 e. The van der Waals surface area contributed by atoms with Crippen molar-refractivity contribution < 1.29 is 14.7 Å². The Morgan fingerprint density at radius 3 is 2.46 bits per heavy atom. The summed E-state index contributed by atoms with van der Waals surface area (Å²) in [5.41, 5.74) is -0.349. The van der Waals surface area contributed by atoms with E-state index in [2.05, 4.69) is 13.8 Å². The SMILES string of the molecule is CC12CC(C=O)C(=O)CC1CCC1C2CCC2(C)C1CCC2(C)O. The van der Waals surface area contributed by atoms with Crippen LogP contribution in [-0.2, 0) is 9.59 Å². The van der Waals surface area contributed by atoms with E-state index < -0.39 is 5.60 Å². The summed E-state index contributed by atoms with van der Waals surface area (Å²) in [6.07, 6.45) is 8.93. The molecular formula is C21H32O3. The number of rotatable bonds is 1. The number of hydrogen-bond donors (Lipinski definition) is 1. The van der Waals surface area contributed by atoms with E-state index in [9.17, 15) is 14.7 Å². The molecule has 0 aliphatic heterocycles. The zero-order chi connectivity index (χ0) is 17.3. The van der Waals surface area contributed by atoms with Gasteiger partial charge in [0, 0.05) is 6.42 Å². The van der Waals surface area contributed by atoms with Gasteiger partial charge in [-0.1, -0.05) is 13.8 Å². The highest BCUT2D eigenvalue weighted by Crippen LogP contribution is 2.68. The molecule has 8 unspecified atom stereocenters. The Hall–Kier alpha value is -0.700. The topological polar surface area (TPSA) is 54.4 Å². The van der Waals surface area contributed by atoms with Crippen LogP contribution >= 0.6 is 0 Å². The van der Waals surface area contributed by atoms with Crippen LogP contribution in [0.25, 0.3) is 0 Å². The molecule has 1 N–H and O–H groups in total. The van der Waals surface area contributed by atoms with Crippen molar-refractivity contribution in [2.75, 3.05) is 0 Å². The largest absolute Gasteiger partial charge is 0.390 e. The summed E-state index contributed by atoms with van der Waals surface area (Å²) in [7, 11) is 0. The molecule has 3 nitrogen and oxygen atoms in total. The number of Topliss-reactive ketones (excluding diaryl/α,β-unsaturated/α-hetero) is 1. The van der Waals surface area contributed by atoms with Gasteiger partial charge in [0.25, 0.3) is 0 Å². The molecule has 4 aliphatic rings. The standard InChI is InChI=1S/C21H32O3/c1-19-11-13(12-22)18(23)10-14(19)4-5-15-16(19)6-8-20(2)17(15)7-9-21(20,3)24/h12-17,24H,4-11H2,1-3H3. The zero-order valence-corrected chi connectivity index (χ0v) is 15.4. The van der Waals surface area contributed by atoms with Crippen LogP contribution in [0.15, 0.2) is 0 Å². The predicted octanol–water partition coefficient (Wildman–Crippen LogP) is 3.77. The maximum atomic E-state index is 12.2. The molecule has 0 radical (unpaired) electrons. The number of ketones is 1. The van der Waals surface area contributed by atoms with Gasteiger partial charge in [-0.15, -0.1) is 0 Å². The van der Waals surface area contributed by atoms with E-state index in [0.29, 0.717) is 30.1 Å². The normalized spacial score (nSPS) is 57.0. The molecule has 0 amide bonds. The van der Waals surface area contributed by atoms with Crippen molar-refractivity contribution in [3.8, 4) is 0 Å². The Labute approximate surface area is 145 Å². The summed E-state index contributed by atoms with van der Waals surface area (Å²) < 4.78 is 0. The highest BCUT2D eigenvalue weighted by Gasteiger charge is 2.63. The van der Waals surface area contributed by atoms with Gasteiger partial charge in [0.15, 0.2) is 0 Å². The van der Waals surface area contributed by atoms with Crippen LogP contribution in [0.4, 0.5) is 0 Å². The first-order valence-corrected chi connectivity index (χ1v) is 9.93. The molecule has 4 saturated carbocycles. The third-order valence-corrected chi connectivity index (χ3v) is 9.31. The van der Waals surface area contributed by atoms with E-state index in [1.54, 1.807) is 0 Å². The minimum atomic E-state index is -0.533. The lowest BCUT2D eigenvalue weighted by Crippen LogP contribution is -2.57. The van der Waals surface area contributed by atoms with Gasteiger partial charge in [0.05, 0.1) is 11.5 Å². The van der Waals surface area contributed by atoms with E-state index in [0.717, 1.165) is 44.8 Å². The molecular weight excluding hydrogens is 300 g/mol. The van der Waals surface area contributed by atoms with Gasteiger partial charge < -0.3 is 9.90 Å². The van der Waals surface area contributed by atoms with Crippen molar-refractivity contribution in [3.05, 3.63) is 0 Å². The fraction of sp³-hybridized carbons (Fsp3) is 0.905. The Morgan fingerprint density at radius 2 is 1.75 bits per heavy atom. The monoisotopic (exact) mass is 332 g/mol. The highest BCUT2D eigenvalue weighted by atomic mass is 16.3. The molecule has 4 rings (SSSR count). The summed E-state index contributed by atoms with van der Waals surface area (Å²) in [5.74, 6) is 2.17. The molecule has 3 heteroatoms. The number of carbonyl (C=O) groups is 2. The van der Waals surface area contributed by atoms with Gasteiger partial charge in [-0.2, -0.15) is 0 Å². The summed E-state index contributed by atoms with van der Waals surface area (Å²) in [5, 5.41) is 11.0. The molecule has 24 heavy (non-hydrogen) atoms.